The minimum atomic E-state index is 0.250. The standard InChI is InChI=1S/C7H13ClN2/c1-7(2,3)5-4-6(8)10-9-5/h5,9H,4H2,1-3H3. The molecule has 1 atom stereocenters. The fourth-order valence-electron chi connectivity index (χ4n) is 0.908. The van der Waals surface area contributed by atoms with E-state index in [1.165, 1.54) is 0 Å². The van der Waals surface area contributed by atoms with Gasteiger partial charge >= 0.3 is 0 Å². The van der Waals surface area contributed by atoms with Crippen LogP contribution in [-0.2, 0) is 0 Å². The highest BCUT2D eigenvalue weighted by Crippen LogP contribution is 2.25. The normalized spacial score (nSPS) is 26.0. The van der Waals surface area contributed by atoms with E-state index >= 15 is 0 Å². The molecule has 1 aliphatic heterocycles. The molecule has 0 amide bonds. The number of hydrazone groups is 1. The molecule has 0 saturated carbocycles. The fraction of sp³-hybridized carbons (Fsp3) is 0.857. The maximum Gasteiger partial charge on any atom is 0.128 e. The molecule has 0 spiro atoms. The van der Waals surface area contributed by atoms with Gasteiger partial charge in [0.05, 0.1) is 6.04 Å². The Bertz CT molecular complexity index is 157. The van der Waals surface area contributed by atoms with Crippen LogP contribution in [0.1, 0.15) is 27.2 Å². The molecule has 1 aliphatic rings. The van der Waals surface area contributed by atoms with Gasteiger partial charge in [0.2, 0.25) is 0 Å². The van der Waals surface area contributed by atoms with Crippen LogP contribution in [0.25, 0.3) is 0 Å². The average molecular weight is 161 g/mol. The number of hydrogen-bond donors (Lipinski definition) is 1. The highest BCUT2D eigenvalue weighted by atomic mass is 35.5. The van der Waals surface area contributed by atoms with Crippen molar-refractivity contribution in [3.8, 4) is 0 Å². The van der Waals surface area contributed by atoms with Gasteiger partial charge in [-0.25, -0.2) is 0 Å². The maximum absolute atomic E-state index is 5.70. The van der Waals surface area contributed by atoms with Crippen molar-refractivity contribution in [1.82, 2.24) is 5.43 Å². The highest BCUT2D eigenvalue weighted by molar-refractivity contribution is 6.65. The van der Waals surface area contributed by atoms with Crippen LogP contribution in [0.4, 0.5) is 0 Å². The first-order valence-corrected chi connectivity index (χ1v) is 3.85. The summed E-state index contributed by atoms with van der Waals surface area (Å²) >= 11 is 5.70. The van der Waals surface area contributed by atoms with Crippen LogP contribution in [0.2, 0.25) is 0 Å². The zero-order valence-corrected chi connectivity index (χ0v) is 7.37. The first-order valence-electron chi connectivity index (χ1n) is 3.48. The summed E-state index contributed by atoms with van der Waals surface area (Å²) < 4.78 is 0. The topological polar surface area (TPSA) is 24.4 Å². The maximum atomic E-state index is 5.70. The molecule has 0 aromatic rings. The van der Waals surface area contributed by atoms with Gasteiger partial charge in [0, 0.05) is 6.42 Å². The Morgan fingerprint density at radius 3 is 2.40 bits per heavy atom. The van der Waals surface area contributed by atoms with Crippen LogP contribution in [0, 0.1) is 5.41 Å². The van der Waals surface area contributed by atoms with E-state index in [4.69, 9.17) is 11.6 Å². The lowest BCUT2D eigenvalue weighted by Crippen LogP contribution is -2.34. The van der Waals surface area contributed by atoms with E-state index in [-0.39, 0.29) is 5.41 Å². The molecule has 10 heavy (non-hydrogen) atoms. The van der Waals surface area contributed by atoms with E-state index in [2.05, 4.69) is 31.3 Å². The molecule has 2 nitrogen and oxygen atoms in total. The van der Waals surface area contributed by atoms with Crippen LogP contribution < -0.4 is 5.43 Å². The Morgan fingerprint density at radius 1 is 1.60 bits per heavy atom. The van der Waals surface area contributed by atoms with Gasteiger partial charge < -0.3 is 5.43 Å². The van der Waals surface area contributed by atoms with E-state index in [0.717, 1.165) is 6.42 Å². The Balaban J connectivity index is 2.50. The van der Waals surface area contributed by atoms with Gasteiger partial charge in [-0.15, -0.1) is 0 Å². The summed E-state index contributed by atoms with van der Waals surface area (Å²) in [5.74, 6) is 0. The largest absolute Gasteiger partial charge is 0.305 e. The molecule has 0 saturated heterocycles. The predicted octanol–water partition coefficient (Wildman–Crippen LogP) is 1.95. The van der Waals surface area contributed by atoms with Crippen molar-refractivity contribution < 1.29 is 0 Å². The van der Waals surface area contributed by atoms with E-state index in [1.807, 2.05) is 0 Å². The molecule has 0 aromatic heterocycles. The fourth-order valence-corrected chi connectivity index (χ4v) is 1.11. The number of nitrogens with one attached hydrogen (secondary N) is 1. The predicted molar refractivity (Wildman–Crippen MR) is 44.3 cm³/mol. The molecule has 0 aromatic carbocycles. The summed E-state index contributed by atoms with van der Waals surface area (Å²) in [6.45, 7) is 6.53. The zero-order chi connectivity index (χ0) is 7.78. The van der Waals surface area contributed by atoms with Crippen molar-refractivity contribution in [2.75, 3.05) is 0 Å². The van der Waals surface area contributed by atoms with E-state index in [9.17, 15) is 0 Å². The van der Waals surface area contributed by atoms with Crippen LogP contribution in [0.5, 0.6) is 0 Å². The summed E-state index contributed by atoms with van der Waals surface area (Å²) in [7, 11) is 0. The Kier molecular flexibility index (Phi) is 1.90. The third-order valence-electron chi connectivity index (χ3n) is 1.76. The Hall–Kier alpha value is -0.240. The SMILES string of the molecule is CC(C)(C)C1CC(Cl)=NN1. The minimum absolute atomic E-state index is 0.250. The second-order valence-corrected chi connectivity index (χ2v) is 4.18. The zero-order valence-electron chi connectivity index (χ0n) is 6.61. The smallest absolute Gasteiger partial charge is 0.128 e. The first-order chi connectivity index (χ1) is 4.50. The quantitative estimate of drug-likeness (QED) is 0.576. The van der Waals surface area contributed by atoms with Crippen molar-refractivity contribution in [1.29, 1.82) is 0 Å². The van der Waals surface area contributed by atoms with Gasteiger partial charge in [0.15, 0.2) is 0 Å². The Labute approximate surface area is 66.6 Å². The van der Waals surface area contributed by atoms with Crippen molar-refractivity contribution in [3.63, 3.8) is 0 Å². The lowest BCUT2D eigenvalue weighted by molar-refractivity contribution is 0.291. The molecule has 0 radical (unpaired) electrons. The highest BCUT2D eigenvalue weighted by Gasteiger charge is 2.28. The molecule has 1 unspecified atom stereocenters. The van der Waals surface area contributed by atoms with E-state index < -0.39 is 0 Å². The molecule has 1 N–H and O–H groups in total. The van der Waals surface area contributed by atoms with Gasteiger partial charge in [-0.05, 0) is 5.41 Å². The van der Waals surface area contributed by atoms with Gasteiger partial charge in [-0.1, -0.05) is 32.4 Å². The first kappa shape index (κ1) is 7.86. The summed E-state index contributed by atoms with van der Waals surface area (Å²) in [5, 5.41) is 4.61. The monoisotopic (exact) mass is 160 g/mol. The molecular formula is C7H13ClN2. The summed E-state index contributed by atoms with van der Waals surface area (Å²) in [5.41, 5.74) is 3.25. The molecule has 1 heterocycles. The molecule has 0 aliphatic carbocycles. The van der Waals surface area contributed by atoms with Crippen molar-refractivity contribution >= 4 is 16.8 Å². The third-order valence-corrected chi connectivity index (χ3v) is 2.00. The van der Waals surface area contributed by atoms with Crippen LogP contribution in [-0.4, -0.2) is 11.2 Å². The van der Waals surface area contributed by atoms with Gasteiger partial charge in [-0.3, -0.25) is 0 Å². The summed E-state index contributed by atoms with van der Waals surface area (Å²) in [6.07, 6.45) is 0.866. The van der Waals surface area contributed by atoms with Crippen LogP contribution in [0.3, 0.4) is 0 Å². The lowest BCUT2D eigenvalue weighted by atomic mass is 9.86. The number of nitrogens with zero attached hydrogens (tertiary/aromatic N) is 1. The molecular weight excluding hydrogens is 148 g/mol. The molecule has 1 rings (SSSR count). The molecule has 3 heteroatoms. The van der Waals surface area contributed by atoms with Crippen LogP contribution in [0.15, 0.2) is 5.10 Å². The number of hydrogen-bond acceptors (Lipinski definition) is 2. The van der Waals surface area contributed by atoms with E-state index in [1.54, 1.807) is 0 Å². The third kappa shape index (κ3) is 1.63. The van der Waals surface area contributed by atoms with Crippen molar-refractivity contribution in [2.24, 2.45) is 10.5 Å². The minimum Gasteiger partial charge on any atom is -0.305 e. The molecule has 0 fully saturated rings. The second-order valence-electron chi connectivity index (χ2n) is 3.74. The van der Waals surface area contributed by atoms with Gasteiger partial charge in [0.1, 0.15) is 5.17 Å². The van der Waals surface area contributed by atoms with Crippen molar-refractivity contribution in [3.05, 3.63) is 0 Å². The summed E-state index contributed by atoms with van der Waals surface area (Å²) in [4.78, 5) is 0. The average Bonchev–Trinajstić information content (AvgIpc) is 2.11. The van der Waals surface area contributed by atoms with Crippen molar-refractivity contribution in [2.45, 2.75) is 33.2 Å². The molecule has 0 bridgehead atoms. The lowest BCUT2D eigenvalue weighted by Gasteiger charge is -2.25. The molecule has 58 valence electrons. The van der Waals surface area contributed by atoms with Gasteiger partial charge in [0.25, 0.3) is 0 Å². The Morgan fingerprint density at radius 2 is 2.20 bits per heavy atom. The van der Waals surface area contributed by atoms with Crippen LogP contribution >= 0.6 is 11.6 Å². The van der Waals surface area contributed by atoms with E-state index in [0.29, 0.717) is 11.2 Å². The number of halogens is 1. The second kappa shape index (κ2) is 2.42. The summed E-state index contributed by atoms with van der Waals surface area (Å²) in [6, 6.07) is 0.403. The number of rotatable bonds is 0. The van der Waals surface area contributed by atoms with Gasteiger partial charge in [-0.2, -0.15) is 5.10 Å².